The van der Waals surface area contributed by atoms with Crippen molar-refractivity contribution < 1.29 is 13.2 Å². The maximum absolute atomic E-state index is 12.4. The molecule has 5 nitrogen and oxygen atoms in total. The van der Waals surface area contributed by atoms with Gasteiger partial charge in [0.25, 0.3) is 0 Å². The third-order valence-electron chi connectivity index (χ3n) is 5.84. The van der Waals surface area contributed by atoms with Crippen LogP contribution in [-0.4, -0.2) is 55.5 Å². The number of sulfonamides is 1. The van der Waals surface area contributed by atoms with Gasteiger partial charge in [-0.05, 0) is 37.5 Å². The van der Waals surface area contributed by atoms with Crippen LogP contribution in [0.5, 0.6) is 0 Å². The Kier molecular flexibility index (Phi) is 5.62. The predicted octanol–water partition coefficient (Wildman–Crippen LogP) is 2.23. The van der Waals surface area contributed by atoms with Crippen molar-refractivity contribution in [3.8, 4) is 0 Å². The number of piperazine rings is 1. The van der Waals surface area contributed by atoms with Crippen LogP contribution in [0.2, 0.25) is 0 Å². The molecule has 2 saturated carbocycles. The lowest BCUT2D eigenvalue weighted by atomic mass is 9.86. The molecule has 2 aliphatic carbocycles. The van der Waals surface area contributed by atoms with Gasteiger partial charge in [0.15, 0.2) is 0 Å². The number of hydrogen-bond donors (Lipinski definition) is 0. The smallest absolute Gasteiger partial charge is 0.222 e. The molecule has 1 heterocycles. The van der Waals surface area contributed by atoms with E-state index in [9.17, 15) is 13.2 Å². The average Bonchev–Trinajstić information content (AvgIpc) is 2.52. The molecule has 0 aromatic carbocycles. The minimum atomic E-state index is -3.12. The summed E-state index contributed by atoms with van der Waals surface area (Å²) in [6.45, 7) is 2.09. The van der Waals surface area contributed by atoms with Crippen LogP contribution >= 0.6 is 0 Å². The zero-order valence-corrected chi connectivity index (χ0v) is 14.9. The first-order chi connectivity index (χ1) is 11.0. The van der Waals surface area contributed by atoms with Crippen LogP contribution in [0.15, 0.2) is 0 Å². The molecule has 0 spiro atoms. The van der Waals surface area contributed by atoms with E-state index in [1.165, 1.54) is 38.5 Å². The first-order valence-corrected chi connectivity index (χ1v) is 10.9. The van der Waals surface area contributed by atoms with Crippen molar-refractivity contribution in [1.82, 2.24) is 9.21 Å². The van der Waals surface area contributed by atoms with E-state index in [0.717, 1.165) is 12.8 Å². The second-order valence-electron chi connectivity index (χ2n) is 7.56. The van der Waals surface area contributed by atoms with E-state index in [1.807, 2.05) is 4.90 Å². The highest BCUT2D eigenvalue weighted by molar-refractivity contribution is 7.89. The summed E-state index contributed by atoms with van der Waals surface area (Å²) < 4.78 is 26.4. The lowest BCUT2D eigenvalue weighted by Gasteiger charge is -2.36. The molecule has 23 heavy (non-hydrogen) atoms. The van der Waals surface area contributed by atoms with Gasteiger partial charge in [0, 0.05) is 32.6 Å². The van der Waals surface area contributed by atoms with Gasteiger partial charge in [0.2, 0.25) is 15.9 Å². The van der Waals surface area contributed by atoms with Gasteiger partial charge in [-0.2, -0.15) is 4.31 Å². The maximum atomic E-state index is 12.4. The molecule has 0 radical (unpaired) electrons. The van der Waals surface area contributed by atoms with Crippen molar-refractivity contribution in [3.63, 3.8) is 0 Å². The van der Waals surface area contributed by atoms with Gasteiger partial charge in [-0.3, -0.25) is 4.79 Å². The highest BCUT2D eigenvalue weighted by Crippen LogP contribution is 2.29. The maximum Gasteiger partial charge on any atom is 0.222 e. The molecular weight excluding hydrogens is 312 g/mol. The molecular formula is C17H30N2O3S. The van der Waals surface area contributed by atoms with Gasteiger partial charge >= 0.3 is 0 Å². The summed E-state index contributed by atoms with van der Waals surface area (Å²) in [4.78, 5) is 14.3. The Morgan fingerprint density at radius 2 is 1.43 bits per heavy atom. The summed E-state index contributed by atoms with van der Waals surface area (Å²) >= 11 is 0. The van der Waals surface area contributed by atoms with E-state index >= 15 is 0 Å². The average molecular weight is 343 g/mol. The van der Waals surface area contributed by atoms with E-state index in [0.29, 0.717) is 50.2 Å². The van der Waals surface area contributed by atoms with Crippen LogP contribution in [0.1, 0.15) is 57.8 Å². The van der Waals surface area contributed by atoms with E-state index in [4.69, 9.17) is 0 Å². The third kappa shape index (κ3) is 4.47. The fourth-order valence-electron chi connectivity index (χ4n) is 4.05. The first-order valence-electron chi connectivity index (χ1n) is 9.30. The fraction of sp³-hybridized carbons (Fsp3) is 0.941. The number of carbonyl (C=O) groups is 1. The molecule has 6 heteroatoms. The normalized spacial score (nSPS) is 25.3. The molecule has 1 aliphatic heterocycles. The van der Waals surface area contributed by atoms with Crippen molar-refractivity contribution in [2.24, 2.45) is 11.8 Å². The second kappa shape index (κ2) is 7.51. The van der Waals surface area contributed by atoms with Crippen molar-refractivity contribution in [2.45, 2.75) is 57.8 Å². The molecule has 0 atom stereocenters. The molecule has 0 bridgehead atoms. The molecule has 0 aromatic rings. The van der Waals surface area contributed by atoms with Gasteiger partial charge in [-0.15, -0.1) is 0 Å². The number of nitrogens with zero attached hydrogens (tertiary/aromatic N) is 2. The Morgan fingerprint density at radius 3 is 2.00 bits per heavy atom. The summed E-state index contributed by atoms with van der Waals surface area (Å²) in [6, 6.07) is 0. The van der Waals surface area contributed by atoms with Crippen LogP contribution in [0.4, 0.5) is 0 Å². The number of rotatable bonds is 5. The minimum Gasteiger partial charge on any atom is -0.340 e. The van der Waals surface area contributed by atoms with Crippen molar-refractivity contribution in [3.05, 3.63) is 0 Å². The molecule has 0 aromatic heterocycles. The SMILES string of the molecule is O=C(CC1CCCCC1)N1CCN(S(=O)(=O)CC2CCC2)CC1. The molecule has 3 aliphatic rings. The van der Waals surface area contributed by atoms with Gasteiger partial charge in [-0.25, -0.2) is 8.42 Å². The van der Waals surface area contributed by atoms with E-state index in [2.05, 4.69) is 0 Å². The summed E-state index contributed by atoms with van der Waals surface area (Å²) in [6.07, 6.45) is 10.1. The monoisotopic (exact) mass is 342 g/mol. The summed E-state index contributed by atoms with van der Waals surface area (Å²) in [5, 5.41) is 0. The van der Waals surface area contributed by atoms with Crippen molar-refractivity contribution in [2.75, 3.05) is 31.9 Å². The molecule has 132 valence electrons. The van der Waals surface area contributed by atoms with Crippen molar-refractivity contribution in [1.29, 1.82) is 0 Å². The minimum absolute atomic E-state index is 0.230. The third-order valence-corrected chi connectivity index (χ3v) is 7.89. The Hall–Kier alpha value is -0.620. The van der Waals surface area contributed by atoms with Gasteiger partial charge in [0.05, 0.1) is 5.75 Å². The molecule has 1 amide bonds. The molecule has 0 N–H and O–H groups in total. The summed E-state index contributed by atoms with van der Waals surface area (Å²) in [5.41, 5.74) is 0. The van der Waals surface area contributed by atoms with E-state index < -0.39 is 10.0 Å². The first kappa shape index (κ1) is 17.2. The second-order valence-corrected chi connectivity index (χ2v) is 9.58. The van der Waals surface area contributed by atoms with Crippen LogP contribution in [0.25, 0.3) is 0 Å². The van der Waals surface area contributed by atoms with Crippen LogP contribution in [0.3, 0.4) is 0 Å². The lowest BCUT2D eigenvalue weighted by molar-refractivity contribution is -0.133. The Morgan fingerprint density at radius 1 is 0.826 bits per heavy atom. The number of amides is 1. The summed E-state index contributed by atoms with van der Waals surface area (Å²) in [7, 11) is -3.12. The van der Waals surface area contributed by atoms with Gasteiger partial charge < -0.3 is 4.90 Å². The number of hydrogen-bond acceptors (Lipinski definition) is 3. The Labute approximate surface area is 140 Å². The van der Waals surface area contributed by atoms with Crippen LogP contribution in [-0.2, 0) is 14.8 Å². The zero-order valence-electron chi connectivity index (χ0n) is 14.1. The largest absolute Gasteiger partial charge is 0.340 e. The molecule has 1 saturated heterocycles. The predicted molar refractivity (Wildman–Crippen MR) is 90.5 cm³/mol. The fourth-order valence-corrected chi connectivity index (χ4v) is 5.91. The summed E-state index contributed by atoms with van der Waals surface area (Å²) in [5.74, 6) is 1.46. The topological polar surface area (TPSA) is 57.7 Å². The quantitative estimate of drug-likeness (QED) is 0.770. The van der Waals surface area contributed by atoms with Gasteiger partial charge in [0.1, 0.15) is 0 Å². The van der Waals surface area contributed by atoms with Crippen molar-refractivity contribution >= 4 is 15.9 Å². The Bertz CT molecular complexity index is 502. The highest BCUT2D eigenvalue weighted by atomic mass is 32.2. The number of carbonyl (C=O) groups excluding carboxylic acids is 1. The lowest BCUT2D eigenvalue weighted by Crippen LogP contribution is -2.51. The van der Waals surface area contributed by atoms with Crippen LogP contribution in [0, 0.1) is 11.8 Å². The van der Waals surface area contributed by atoms with E-state index in [-0.39, 0.29) is 5.91 Å². The standard InChI is InChI=1S/C17H30N2O3S/c20-17(13-15-5-2-1-3-6-15)18-9-11-19(12-10-18)23(21,22)14-16-7-4-8-16/h15-16H,1-14H2. The molecule has 3 fully saturated rings. The highest BCUT2D eigenvalue weighted by Gasteiger charge is 2.32. The van der Waals surface area contributed by atoms with Gasteiger partial charge in [-0.1, -0.05) is 25.7 Å². The van der Waals surface area contributed by atoms with E-state index in [1.54, 1.807) is 4.31 Å². The zero-order chi connectivity index (χ0) is 16.3. The molecule has 3 rings (SSSR count). The Balaban J connectivity index is 1.44. The van der Waals surface area contributed by atoms with Crippen LogP contribution < -0.4 is 0 Å². The molecule has 0 unspecified atom stereocenters.